The highest BCUT2D eigenvalue weighted by molar-refractivity contribution is 4.89. The van der Waals surface area contributed by atoms with Crippen molar-refractivity contribution in [3.8, 4) is 6.07 Å². The number of nitrogens with zero attached hydrogens (tertiary/aromatic N) is 2. The van der Waals surface area contributed by atoms with Crippen LogP contribution in [0.5, 0.6) is 0 Å². The lowest BCUT2D eigenvalue weighted by Crippen LogP contribution is -2.33. The Morgan fingerprint density at radius 2 is 2.07 bits per heavy atom. The van der Waals surface area contributed by atoms with Gasteiger partial charge in [0.15, 0.2) is 0 Å². The molecule has 0 aliphatic carbocycles. The van der Waals surface area contributed by atoms with Crippen molar-refractivity contribution >= 4 is 0 Å². The molecule has 0 bridgehead atoms. The predicted molar refractivity (Wildman–Crippen MR) is 64.6 cm³/mol. The molecule has 1 N–H and O–H groups in total. The number of hydrogen-bond acceptors (Lipinski definition) is 3. The maximum Gasteiger partial charge on any atom is 0.0965 e. The van der Waals surface area contributed by atoms with Gasteiger partial charge in [-0.05, 0) is 32.4 Å². The van der Waals surface area contributed by atoms with Crippen molar-refractivity contribution in [1.29, 1.82) is 5.26 Å². The maximum atomic E-state index is 8.92. The normalized spacial score (nSPS) is 13.1. The minimum atomic E-state index is 0.0135. The third kappa shape index (κ3) is 8.41. The summed E-state index contributed by atoms with van der Waals surface area (Å²) in [6.07, 6.45) is 2.00. The summed E-state index contributed by atoms with van der Waals surface area (Å²) in [5, 5.41) is 12.2. The Morgan fingerprint density at radius 1 is 1.40 bits per heavy atom. The van der Waals surface area contributed by atoms with E-state index >= 15 is 0 Å². The zero-order valence-electron chi connectivity index (χ0n) is 10.6. The van der Waals surface area contributed by atoms with Crippen LogP contribution in [0.15, 0.2) is 0 Å². The fourth-order valence-corrected chi connectivity index (χ4v) is 1.59. The lowest BCUT2D eigenvalue weighted by atomic mass is 10.2. The van der Waals surface area contributed by atoms with E-state index in [-0.39, 0.29) is 6.04 Å². The standard InChI is InChI=1S/C12H25N3/c1-5-7-14-12(9-13)6-8-15(4)10-11(2)3/h11-12,14H,5-8,10H2,1-4H3. The minimum Gasteiger partial charge on any atom is -0.306 e. The molecule has 0 aromatic carbocycles. The van der Waals surface area contributed by atoms with E-state index in [2.05, 4.69) is 44.1 Å². The average Bonchev–Trinajstić information content (AvgIpc) is 2.17. The van der Waals surface area contributed by atoms with Gasteiger partial charge in [0, 0.05) is 13.1 Å². The second-order valence-electron chi connectivity index (χ2n) is 4.58. The van der Waals surface area contributed by atoms with Gasteiger partial charge in [0.2, 0.25) is 0 Å². The zero-order valence-corrected chi connectivity index (χ0v) is 10.6. The van der Waals surface area contributed by atoms with Crippen molar-refractivity contribution in [1.82, 2.24) is 10.2 Å². The molecular formula is C12H25N3. The van der Waals surface area contributed by atoms with E-state index in [4.69, 9.17) is 5.26 Å². The molecule has 88 valence electrons. The van der Waals surface area contributed by atoms with Gasteiger partial charge in [-0.25, -0.2) is 0 Å². The molecule has 0 spiro atoms. The predicted octanol–water partition coefficient (Wildman–Crippen LogP) is 1.86. The van der Waals surface area contributed by atoms with Crippen molar-refractivity contribution in [2.45, 2.75) is 39.7 Å². The van der Waals surface area contributed by atoms with E-state index < -0.39 is 0 Å². The van der Waals surface area contributed by atoms with Gasteiger partial charge in [0.05, 0.1) is 12.1 Å². The molecule has 0 amide bonds. The molecule has 1 atom stereocenters. The Balaban J connectivity index is 3.66. The number of nitriles is 1. The third-order valence-corrected chi connectivity index (χ3v) is 2.27. The molecule has 0 aliphatic heterocycles. The Bertz CT molecular complexity index is 184. The molecule has 0 heterocycles. The fraction of sp³-hybridized carbons (Fsp3) is 0.917. The molecule has 0 radical (unpaired) electrons. The van der Waals surface area contributed by atoms with Gasteiger partial charge >= 0.3 is 0 Å². The molecule has 0 saturated carbocycles. The maximum absolute atomic E-state index is 8.92. The first-order valence-corrected chi connectivity index (χ1v) is 5.91. The van der Waals surface area contributed by atoms with E-state index in [1.54, 1.807) is 0 Å². The van der Waals surface area contributed by atoms with Crippen molar-refractivity contribution in [2.75, 3.05) is 26.7 Å². The summed E-state index contributed by atoms with van der Waals surface area (Å²) in [4.78, 5) is 2.29. The molecule has 15 heavy (non-hydrogen) atoms. The zero-order chi connectivity index (χ0) is 11.7. The number of hydrogen-bond donors (Lipinski definition) is 1. The first kappa shape index (κ1) is 14.4. The topological polar surface area (TPSA) is 39.1 Å². The van der Waals surface area contributed by atoms with Crippen molar-refractivity contribution in [3.05, 3.63) is 0 Å². The first-order chi connectivity index (χ1) is 7.10. The van der Waals surface area contributed by atoms with Crippen molar-refractivity contribution in [3.63, 3.8) is 0 Å². The number of nitrogens with one attached hydrogen (secondary N) is 1. The van der Waals surface area contributed by atoms with E-state index in [1.807, 2.05) is 0 Å². The van der Waals surface area contributed by atoms with Gasteiger partial charge in [0.1, 0.15) is 0 Å². The monoisotopic (exact) mass is 211 g/mol. The Labute approximate surface area is 94.5 Å². The van der Waals surface area contributed by atoms with Crippen LogP contribution in [0.3, 0.4) is 0 Å². The summed E-state index contributed by atoms with van der Waals surface area (Å²) in [5.74, 6) is 0.694. The Kier molecular flexibility index (Phi) is 8.35. The van der Waals surface area contributed by atoms with Crippen LogP contribution in [0.25, 0.3) is 0 Å². The Morgan fingerprint density at radius 3 is 2.53 bits per heavy atom. The lowest BCUT2D eigenvalue weighted by molar-refractivity contribution is 0.284. The largest absolute Gasteiger partial charge is 0.306 e. The molecule has 1 unspecified atom stereocenters. The highest BCUT2D eigenvalue weighted by Crippen LogP contribution is 1.99. The van der Waals surface area contributed by atoms with Gasteiger partial charge in [-0.2, -0.15) is 5.26 Å². The summed E-state index contributed by atoms with van der Waals surface area (Å²) in [6, 6.07) is 2.32. The lowest BCUT2D eigenvalue weighted by Gasteiger charge is -2.20. The molecule has 0 fully saturated rings. The van der Waals surface area contributed by atoms with Crippen molar-refractivity contribution < 1.29 is 0 Å². The van der Waals surface area contributed by atoms with Crippen LogP contribution in [0.2, 0.25) is 0 Å². The second-order valence-corrected chi connectivity index (χ2v) is 4.58. The van der Waals surface area contributed by atoms with Gasteiger partial charge < -0.3 is 10.2 Å². The van der Waals surface area contributed by atoms with E-state index in [1.165, 1.54) is 0 Å². The summed E-state index contributed by atoms with van der Waals surface area (Å²) < 4.78 is 0. The van der Waals surface area contributed by atoms with Crippen molar-refractivity contribution in [2.24, 2.45) is 5.92 Å². The van der Waals surface area contributed by atoms with Crippen LogP contribution >= 0.6 is 0 Å². The van der Waals surface area contributed by atoms with Crippen LogP contribution in [-0.4, -0.2) is 37.6 Å². The minimum absolute atomic E-state index is 0.0135. The summed E-state index contributed by atoms with van der Waals surface area (Å²) >= 11 is 0. The van der Waals surface area contributed by atoms with Crippen LogP contribution in [0.4, 0.5) is 0 Å². The third-order valence-electron chi connectivity index (χ3n) is 2.27. The molecule has 0 rings (SSSR count). The summed E-state index contributed by atoms with van der Waals surface area (Å²) in [5.41, 5.74) is 0. The molecule has 3 heteroatoms. The highest BCUT2D eigenvalue weighted by atomic mass is 15.1. The molecule has 0 aromatic heterocycles. The first-order valence-electron chi connectivity index (χ1n) is 5.91. The Hall–Kier alpha value is -0.590. The fourth-order valence-electron chi connectivity index (χ4n) is 1.59. The van der Waals surface area contributed by atoms with E-state index in [9.17, 15) is 0 Å². The van der Waals surface area contributed by atoms with E-state index in [0.29, 0.717) is 5.92 Å². The SMILES string of the molecule is CCCNC(C#N)CCN(C)CC(C)C. The molecule has 3 nitrogen and oxygen atoms in total. The van der Waals surface area contributed by atoms with Crippen LogP contribution in [0.1, 0.15) is 33.6 Å². The van der Waals surface area contributed by atoms with Crippen LogP contribution in [-0.2, 0) is 0 Å². The molecule has 0 saturated heterocycles. The van der Waals surface area contributed by atoms with Gasteiger partial charge in [-0.3, -0.25) is 0 Å². The van der Waals surface area contributed by atoms with Gasteiger partial charge in [-0.15, -0.1) is 0 Å². The average molecular weight is 211 g/mol. The van der Waals surface area contributed by atoms with E-state index in [0.717, 1.165) is 32.5 Å². The second kappa shape index (κ2) is 8.70. The van der Waals surface area contributed by atoms with Crippen LogP contribution < -0.4 is 5.32 Å². The van der Waals surface area contributed by atoms with Gasteiger partial charge in [0.25, 0.3) is 0 Å². The number of rotatable bonds is 8. The van der Waals surface area contributed by atoms with Crippen LogP contribution in [0, 0.1) is 17.2 Å². The molecule has 0 aromatic rings. The highest BCUT2D eigenvalue weighted by Gasteiger charge is 2.08. The quantitative estimate of drug-likeness (QED) is 0.666. The summed E-state index contributed by atoms with van der Waals surface area (Å²) in [7, 11) is 2.12. The summed E-state index contributed by atoms with van der Waals surface area (Å²) in [6.45, 7) is 9.58. The van der Waals surface area contributed by atoms with Gasteiger partial charge in [-0.1, -0.05) is 20.8 Å². The molecule has 0 aliphatic rings. The smallest absolute Gasteiger partial charge is 0.0965 e. The molecular weight excluding hydrogens is 186 g/mol.